The maximum Gasteiger partial charge on any atom is 0.278 e. The van der Waals surface area contributed by atoms with Crippen LogP contribution in [0.1, 0.15) is 23.1 Å². The van der Waals surface area contributed by atoms with Gasteiger partial charge in [0.1, 0.15) is 11.4 Å². The van der Waals surface area contributed by atoms with Crippen LogP contribution in [0.25, 0.3) is 0 Å². The van der Waals surface area contributed by atoms with Crippen molar-refractivity contribution in [3.63, 3.8) is 0 Å². The summed E-state index contributed by atoms with van der Waals surface area (Å²) in [6.07, 6.45) is 0.676. The summed E-state index contributed by atoms with van der Waals surface area (Å²) in [6, 6.07) is 6.40. The average Bonchev–Trinajstić information content (AvgIpc) is 2.72. The van der Waals surface area contributed by atoms with E-state index in [1.807, 2.05) is 6.92 Å². The van der Waals surface area contributed by atoms with Crippen LogP contribution in [0.2, 0.25) is 0 Å². The van der Waals surface area contributed by atoms with E-state index in [9.17, 15) is 9.90 Å². The van der Waals surface area contributed by atoms with E-state index in [0.717, 1.165) is 5.69 Å². The Balaban J connectivity index is 2.36. The van der Waals surface area contributed by atoms with E-state index in [1.165, 1.54) is 21.7 Å². The number of phenols is 1. The largest absolute Gasteiger partial charge is 0.508 e. The van der Waals surface area contributed by atoms with Crippen molar-refractivity contribution in [1.29, 1.82) is 0 Å². The van der Waals surface area contributed by atoms with Gasteiger partial charge in [-0.15, -0.1) is 0 Å². The highest BCUT2D eigenvalue weighted by molar-refractivity contribution is 6.08. The summed E-state index contributed by atoms with van der Waals surface area (Å²) in [6.45, 7) is 1.94. The first-order valence-corrected chi connectivity index (χ1v) is 6.34. The molecule has 3 N–H and O–H groups in total. The minimum atomic E-state index is -0.233. The van der Waals surface area contributed by atoms with Crippen LogP contribution in [0.4, 0.5) is 11.4 Å². The Bertz CT molecular complexity index is 631. The van der Waals surface area contributed by atoms with Crippen LogP contribution in [0, 0.1) is 0 Å². The fourth-order valence-corrected chi connectivity index (χ4v) is 2.06. The lowest BCUT2D eigenvalue weighted by molar-refractivity contribution is 0.0985. The standard InChI is InChI=1S/C14H18N4O2/c1-4-11-12(15)13(18(3)16-11)14(20)17(2)9-5-7-10(19)8-6-9/h5-8,19H,4,15H2,1-3H3. The molecule has 0 aliphatic carbocycles. The average molecular weight is 274 g/mol. The fraction of sp³-hybridized carbons (Fsp3) is 0.286. The highest BCUT2D eigenvalue weighted by Crippen LogP contribution is 2.23. The normalized spacial score (nSPS) is 10.6. The highest BCUT2D eigenvalue weighted by atomic mass is 16.3. The molecule has 2 rings (SSSR count). The van der Waals surface area contributed by atoms with Crippen molar-refractivity contribution < 1.29 is 9.90 Å². The zero-order chi connectivity index (χ0) is 14.9. The van der Waals surface area contributed by atoms with Crippen LogP contribution in [-0.4, -0.2) is 27.8 Å². The first kappa shape index (κ1) is 13.9. The van der Waals surface area contributed by atoms with Crippen molar-refractivity contribution in [3.05, 3.63) is 35.7 Å². The monoisotopic (exact) mass is 274 g/mol. The smallest absolute Gasteiger partial charge is 0.278 e. The van der Waals surface area contributed by atoms with E-state index in [2.05, 4.69) is 5.10 Å². The number of anilines is 2. The molecule has 2 aromatic rings. The van der Waals surface area contributed by atoms with Crippen molar-refractivity contribution in [1.82, 2.24) is 9.78 Å². The lowest BCUT2D eigenvalue weighted by Gasteiger charge is -2.17. The number of aromatic nitrogens is 2. The summed E-state index contributed by atoms with van der Waals surface area (Å²) in [7, 11) is 3.36. The molecule has 0 radical (unpaired) electrons. The van der Waals surface area contributed by atoms with Crippen molar-refractivity contribution in [2.75, 3.05) is 17.7 Å². The number of amides is 1. The Labute approximate surface area is 117 Å². The topological polar surface area (TPSA) is 84.4 Å². The number of carbonyl (C=O) groups is 1. The molecule has 0 unspecified atom stereocenters. The van der Waals surface area contributed by atoms with Gasteiger partial charge in [-0.1, -0.05) is 6.92 Å². The first-order chi connectivity index (χ1) is 9.45. The molecule has 0 atom stereocenters. The number of nitrogens with two attached hydrogens (primary N) is 1. The van der Waals surface area contributed by atoms with Crippen molar-refractivity contribution in [3.8, 4) is 5.75 Å². The van der Waals surface area contributed by atoms with Crippen molar-refractivity contribution >= 4 is 17.3 Å². The number of nitrogen functional groups attached to an aromatic ring is 1. The molecule has 0 bridgehead atoms. The third kappa shape index (κ3) is 2.32. The quantitative estimate of drug-likeness (QED) is 0.889. The molecule has 1 aromatic carbocycles. The molecule has 0 spiro atoms. The van der Waals surface area contributed by atoms with Crippen LogP contribution < -0.4 is 10.6 Å². The Hall–Kier alpha value is -2.50. The zero-order valence-electron chi connectivity index (χ0n) is 11.8. The van der Waals surface area contributed by atoms with Crippen LogP contribution >= 0.6 is 0 Å². The van der Waals surface area contributed by atoms with Crippen LogP contribution in [0.5, 0.6) is 5.75 Å². The van der Waals surface area contributed by atoms with Crippen LogP contribution in [-0.2, 0) is 13.5 Å². The Morgan fingerprint density at radius 3 is 2.50 bits per heavy atom. The number of hydrogen-bond donors (Lipinski definition) is 2. The number of aryl methyl sites for hydroxylation is 2. The molecule has 6 heteroatoms. The van der Waals surface area contributed by atoms with Gasteiger partial charge >= 0.3 is 0 Å². The second kappa shape index (κ2) is 5.24. The van der Waals surface area contributed by atoms with Crippen molar-refractivity contribution in [2.24, 2.45) is 7.05 Å². The lowest BCUT2D eigenvalue weighted by Crippen LogP contribution is -2.28. The van der Waals surface area contributed by atoms with Gasteiger partial charge in [-0.2, -0.15) is 5.10 Å². The molecular formula is C14H18N4O2. The summed E-state index contributed by atoms with van der Waals surface area (Å²) in [5.74, 6) is -0.0780. The second-order valence-electron chi connectivity index (χ2n) is 4.57. The molecular weight excluding hydrogens is 256 g/mol. The molecule has 1 heterocycles. The van der Waals surface area contributed by atoms with Gasteiger partial charge < -0.3 is 15.7 Å². The summed E-state index contributed by atoms with van der Waals surface area (Å²) >= 11 is 0. The molecule has 0 saturated carbocycles. The van der Waals surface area contributed by atoms with E-state index in [-0.39, 0.29) is 11.7 Å². The summed E-state index contributed by atoms with van der Waals surface area (Å²) < 4.78 is 1.51. The predicted octanol–water partition coefficient (Wildman–Crippen LogP) is 1.55. The van der Waals surface area contributed by atoms with E-state index in [1.54, 1.807) is 26.2 Å². The van der Waals surface area contributed by atoms with Gasteiger partial charge in [0.05, 0.1) is 11.4 Å². The Morgan fingerprint density at radius 2 is 2.00 bits per heavy atom. The molecule has 106 valence electrons. The van der Waals surface area contributed by atoms with Gasteiger partial charge in [-0.25, -0.2) is 0 Å². The minimum absolute atomic E-state index is 0.155. The fourth-order valence-electron chi connectivity index (χ4n) is 2.06. The molecule has 6 nitrogen and oxygen atoms in total. The summed E-state index contributed by atoms with van der Waals surface area (Å²) in [5.41, 5.74) is 8.17. The number of carbonyl (C=O) groups excluding carboxylic acids is 1. The first-order valence-electron chi connectivity index (χ1n) is 6.34. The van der Waals surface area contributed by atoms with Crippen LogP contribution in [0.15, 0.2) is 24.3 Å². The second-order valence-corrected chi connectivity index (χ2v) is 4.57. The number of nitrogens with zero attached hydrogens (tertiary/aromatic N) is 3. The van der Waals surface area contributed by atoms with Gasteiger partial charge in [0, 0.05) is 19.8 Å². The number of benzene rings is 1. The van der Waals surface area contributed by atoms with Gasteiger partial charge in [0.15, 0.2) is 0 Å². The van der Waals surface area contributed by atoms with Gasteiger partial charge in [0.25, 0.3) is 5.91 Å². The summed E-state index contributed by atoms with van der Waals surface area (Å²) in [5, 5.41) is 13.5. The molecule has 1 aromatic heterocycles. The van der Waals surface area contributed by atoms with Crippen LogP contribution in [0.3, 0.4) is 0 Å². The van der Waals surface area contributed by atoms with Gasteiger partial charge in [-0.3, -0.25) is 9.48 Å². The zero-order valence-corrected chi connectivity index (χ0v) is 11.8. The Kier molecular flexibility index (Phi) is 3.65. The molecule has 0 aliphatic rings. The number of aromatic hydroxyl groups is 1. The predicted molar refractivity (Wildman–Crippen MR) is 77.8 cm³/mol. The highest BCUT2D eigenvalue weighted by Gasteiger charge is 2.22. The number of rotatable bonds is 3. The maximum atomic E-state index is 12.5. The lowest BCUT2D eigenvalue weighted by atomic mass is 10.2. The van der Waals surface area contributed by atoms with E-state index >= 15 is 0 Å². The number of phenolic OH excluding ortho intramolecular Hbond substituents is 1. The molecule has 0 fully saturated rings. The van der Waals surface area contributed by atoms with E-state index in [0.29, 0.717) is 23.5 Å². The molecule has 1 amide bonds. The van der Waals surface area contributed by atoms with Crippen molar-refractivity contribution in [2.45, 2.75) is 13.3 Å². The summed E-state index contributed by atoms with van der Waals surface area (Å²) in [4.78, 5) is 14.0. The number of hydrogen-bond acceptors (Lipinski definition) is 4. The van der Waals surface area contributed by atoms with Gasteiger partial charge in [-0.05, 0) is 30.7 Å². The maximum absolute atomic E-state index is 12.5. The Morgan fingerprint density at radius 1 is 1.40 bits per heavy atom. The SMILES string of the molecule is CCc1nn(C)c(C(=O)N(C)c2ccc(O)cc2)c1N. The van der Waals surface area contributed by atoms with E-state index in [4.69, 9.17) is 5.73 Å². The third-order valence-corrected chi connectivity index (χ3v) is 3.24. The molecule has 20 heavy (non-hydrogen) atoms. The van der Waals surface area contributed by atoms with E-state index < -0.39 is 0 Å². The third-order valence-electron chi connectivity index (χ3n) is 3.24. The molecule has 0 saturated heterocycles. The molecule has 0 aliphatic heterocycles. The minimum Gasteiger partial charge on any atom is -0.508 e. The van der Waals surface area contributed by atoms with Gasteiger partial charge in [0.2, 0.25) is 0 Å².